The van der Waals surface area contributed by atoms with Crippen LogP contribution in [0.5, 0.6) is 0 Å². The molecule has 0 saturated carbocycles. The van der Waals surface area contributed by atoms with E-state index in [9.17, 15) is 4.79 Å². The van der Waals surface area contributed by atoms with E-state index in [0.717, 1.165) is 0 Å². The summed E-state index contributed by atoms with van der Waals surface area (Å²) in [6.07, 6.45) is 1.37. The average molecular weight is 384 g/mol. The molecular weight excluding hydrogens is 366 g/mol. The summed E-state index contributed by atoms with van der Waals surface area (Å²) in [5.41, 5.74) is 8.08. The topological polar surface area (TPSA) is 102 Å². The first kappa shape index (κ1) is 18.5. The summed E-state index contributed by atoms with van der Waals surface area (Å²) in [7, 11) is 0. The lowest BCUT2D eigenvalue weighted by Gasteiger charge is -2.15. The van der Waals surface area contributed by atoms with Gasteiger partial charge in [-0.15, -0.1) is 0 Å². The Hall–Kier alpha value is -3.32. The van der Waals surface area contributed by atoms with Crippen molar-refractivity contribution in [2.75, 3.05) is 23.0 Å². The van der Waals surface area contributed by atoms with Crippen LogP contribution in [0.1, 0.15) is 17.3 Å². The molecule has 0 atom stereocenters. The lowest BCUT2D eigenvalue weighted by molar-refractivity contribution is 0.0527. The maximum absolute atomic E-state index is 12.1. The SMILES string of the molecule is CCOC(=O)c1ccccc1Nc1ncnc(Nc2ccccc2Cl)c1N. The second-order valence-corrected chi connectivity index (χ2v) is 5.89. The molecular formula is C19H18ClN5O2. The molecule has 7 nitrogen and oxygen atoms in total. The number of aromatic nitrogens is 2. The van der Waals surface area contributed by atoms with Gasteiger partial charge in [-0.05, 0) is 31.2 Å². The second-order valence-electron chi connectivity index (χ2n) is 5.48. The number of carbonyl (C=O) groups is 1. The molecule has 0 aliphatic heterocycles. The Morgan fingerprint density at radius 1 is 1.04 bits per heavy atom. The van der Waals surface area contributed by atoms with Crippen molar-refractivity contribution < 1.29 is 9.53 Å². The number of nitrogens with two attached hydrogens (primary N) is 1. The molecule has 0 amide bonds. The highest BCUT2D eigenvalue weighted by Crippen LogP contribution is 2.31. The van der Waals surface area contributed by atoms with Crippen LogP contribution in [0, 0.1) is 0 Å². The minimum Gasteiger partial charge on any atom is -0.462 e. The van der Waals surface area contributed by atoms with Gasteiger partial charge < -0.3 is 21.1 Å². The fraction of sp³-hybridized carbons (Fsp3) is 0.105. The number of esters is 1. The molecule has 138 valence electrons. The highest BCUT2D eigenvalue weighted by Gasteiger charge is 2.15. The van der Waals surface area contributed by atoms with Crippen LogP contribution in [0.15, 0.2) is 54.9 Å². The summed E-state index contributed by atoms with van der Waals surface area (Å²) < 4.78 is 5.08. The van der Waals surface area contributed by atoms with Crippen LogP contribution in [-0.4, -0.2) is 22.5 Å². The molecule has 0 unspecified atom stereocenters. The lowest BCUT2D eigenvalue weighted by Crippen LogP contribution is -2.10. The van der Waals surface area contributed by atoms with Crippen LogP contribution >= 0.6 is 11.6 Å². The molecule has 0 aliphatic rings. The van der Waals surface area contributed by atoms with E-state index in [1.807, 2.05) is 18.2 Å². The smallest absolute Gasteiger partial charge is 0.340 e. The standard InChI is InChI=1S/C19H18ClN5O2/c1-2-27-19(26)12-7-3-5-9-14(12)24-17-16(21)18(23-11-22-17)25-15-10-6-4-8-13(15)20/h3-11H,2,21H2,1H3,(H2,22,23,24,25). The number of rotatable bonds is 6. The van der Waals surface area contributed by atoms with Gasteiger partial charge in [-0.3, -0.25) is 0 Å². The number of nitrogens with zero attached hydrogens (tertiary/aromatic N) is 2. The molecule has 3 aromatic rings. The van der Waals surface area contributed by atoms with Gasteiger partial charge in [0.25, 0.3) is 0 Å². The van der Waals surface area contributed by atoms with Crippen LogP contribution in [0.3, 0.4) is 0 Å². The van der Waals surface area contributed by atoms with Crippen LogP contribution in [0.25, 0.3) is 0 Å². The van der Waals surface area contributed by atoms with Crippen molar-refractivity contribution in [2.24, 2.45) is 0 Å². The zero-order valence-electron chi connectivity index (χ0n) is 14.6. The summed E-state index contributed by atoms with van der Waals surface area (Å²) in [6, 6.07) is 14.2. The minimum atomic E-state index is -0.428. The Labute approximate surface area is 161 Å². The van der Waals surface area contributed by atoms with Crippen molar-refractivity contribution in [3.63, 3.8) is 0 Å². The molecule has 0 saturated heterocycles. The Kier molecular flexibility index (Phi) is 5.73. The zero-order valence-corrected chi connectivity index (χ0v) is 15.3. The number of benzene rings is 2. The van der Waals surface area contributed by atoms with Crippen LogP contribution in [0.2, 0.25) is 5.02 Å². The number of hydrogen-bond donors (Lipinski definition) is 3. The molecule has 0 spiro atoms. The molecule has 8 heteroatoms. The van der Waals surface area contributed by atoms with E-state index < -0.39 is 5.97 Å². The minimum absolute atomic E-state index is 0.286. The quantitative estimate of drug-likeness (QED) is 0.543. The molecule has 27 heavy (non-hydrogen) atoms. The predicted octanol–water partition coefficient (Wildman–Crippen LogP) is 4.38. The summed E-state index contributed by atoms with van der Waals surface area (Å²) >= 11 is 6.17. The Morgan fingerprint density at radius 2 is 1.63 bits per heavy atom. The monoisotopic (exact) mass is 383 g/mol. The van der Waals surface area contributed by atoms with Crippen molar-refractivity contribution in [1.29, 1.82) is 0 Å². The molecule has 0 aliphatic carbocycles. The highest BCUT2D eigenvalue weighted by atomic mass is 35.5. The fourth-order valence-electron chi connectivity index (χ4n) is 2.39. The number of nitrogen functional groups attached to an aromatic ring is 1. The molecule has 0 fully saturated rings. The first-order chi connectivity index (χ1) is 13.1. The van der Waals surface area contributed by atoms with Gasteiger partial charge in [0.1, 0.15) is 12.0 Å². The first-order valence-electron chi connectivity index (χ1n) is 8.25. The second kappa shape index (κ2) is 8.37. The van der Waals surface area contributed by atoms with Gasteiger partial charge >= 0.3 is 5.97 Å². The van der Waals surface area contributed by atoms with E-state index in [2.05, 4.69) is 20.6 Å². The molecule has 4 N–H and O–H groups in total. The Balaban J connectivity index is 1.89. The molecule has 0 bridgehead atoms. The summed E-state index contributed by atoms with van der Waals surface area (Å²) in [5, 5.41) is 6.70. The molecule has 3 rings (SSSR count). The van der Waals surface area contributed by atoms with Gasteiger partial charge in [-0.2, -0.15) is 0 Å². The molecule has 1 aromatic heterocycles. The van der Waals surface area contributed by atoms with E-state index in [4.69, 9.17) is 22.1 Å². The Bertz CT molecular complexity index is 964. The van der Waals surface area contributed by atoms with Crippen molar-refractivity contribution in [3.05, 3.63) is 65.4 Å². The number of halogens is 1. The van der Waals surface area contributed by atoms with E-state index in [1.54, 1.807) is 37.3 Å². The van der Waals surface area contributed by atoms with Crippen LogP contribution in [-0.2, 0) is 4.74 Å². The molecule has 1 heterocycles. The van der Waals surface area contributed by atoms with Crippen molar-refractivity contribution in [3.8, 4) is 0 Å². The van der Waals surface area contributed by atoms with Crippen molar-refractivity contribution >= 4 is 46.3 Å². The third kappa shape index (κ3) is 4.27. The van der Waals surface area contributed by atoms with E-state index in [0.29, 0.717) is 33.6 Å². The number of hydrogen-bond acceptors (Lipinski definition) is 7. The Morgan fingerprint density at radius 3 is 2.30 bits per heavy atom. The number of para-hydroxylation sites is 2. The number of ether oxygens (including phenoxy) is 1. The summed E-state index contributed by atoms with van der Waals surface area (Å²) in [5.74, 6) is 0.327. The zero-order chi connectivity index (χ0) is 19.2. The first-order valence-corrected chi connectivity index (χ1v) is 8.63. The maximum Gasteiger partial charge on any atom is 0.340 e. The fourth-order valence-corrected chi connectivity index (χ4v) is 2.57. The number of nitrogens with one attached hydrogen (secondary N) is 2. The third-order valence-electron chi connectivity index (χ3n) is 3.69. The third-order valence-corrected chi connectivity index (χ3v) is 4.02. The van der Waals surface area contributed by atoms with Gasteiger partial charge in [-0.1, -0.05) is 35.9 Å². The van der Waals surface area contributed by atoms with E-state index in [1.165, 1.54) is 6.33 Å². The van der Waals surface area contributed by atoms with Gasteiger partial charge in [-0.25, -0.2) is 14.8 Å². The van der Waals surface area contributed by atoms with Crippen LogP contribution in [0.4, 0.5) is 28.7 Å². The van der Waals surface area contributed by atoms with Crippen molar-refractivity contribution in [1.82, 2.24) is 9.97 Å². The normalized spacial score (nSPS) is 10.3. The summed E-state index contributed by atoms with van der Waals surface area (Å²) in [4.78, 5) is 20.5. The highest BCUT2D eigenvalue weighted by molar-refractivity contribution is 6.33. The van der Waals surface area contributed by atoms with Gasteiger partial charge in [0.05, 0.1) is 28.6 Å². The van der Waals surface area contributed by atoms with E-state index in [-0.39, 0.29) is 12.3 Å². The molecule has 2 aromatic carbocycles. The predicted molar refractivity (Wildman–Crippen MR) is 107 cm³/mol. The maximum atomic E-state index is 12.1. The lowest BCUT2D eigenvalue weighted by atomic mass is 10.2. The van der Waals surface area contributed by atoms with E-state index >= 15 is 0 Å². The number of anilines is 5. The summed E-state index contributed by atoms with van der Waals surface area (Å²) in [6.45, 7) is 2.04. The number of carbonyl (C=O) groups excluding carboxylic acids is 1. The van der Waals surface area contributed by atoms with Gasteiger partial charge in [0, 0.05) is 0 Å². The van der Waals surface area contributed by atoms with Gasteiger partial charge in [0.15, 0.2) is 11.6 Å². The van der Waals surface area contributed by atoms with Crippen LogP contribution < -0.4 is 16.4 Å². The largest absolute Gasteiger partial charge is 0.462 e. The van der Waals surface area contributed by atoms with Crippen molar-refractivity contribution in [2.45, 2.75) is 6.92 Å². The average Bonchev–Trinajstić information content (AvgIpc) is 2.67. The van der Waals surface area contributed by atoms with Gasteiger partial charge in [0.2, 0.25) is 0 Å². The molecule has 0 radical (unpaired) electrons.